The molecule has 2 unspecified atom stereocenters. The molecular weight excluding hydrogens is 971 g/mol. The summed E-state index contributed by atoms with van der Waals surface area (Å²) in [5, 5.41) is 11.9. The Hall–Kier alpha value is -7.32. The van der Waals surface area contributed by atoms with Crippen LogP contribution in [0.3, 0.4) is 0 Å². The summed E-state index contributed by atoms with van der Waals surface area (Å²) in [5.74, 6) is -0.664. The van der Waals surface area contributed by atoms with E-state index in [-0.39, 0.29) is 47.4 Å². The monoisotopic (exact) mass is 1010 g/mol. The van der Waals surface area contributed by atoms with Gasteiger partial charge in [0.2, 0.25) is 6.79 Å². The van der Waals surface area contributed by atoms with Crippen LogP contribution < -0.4 is 30.3 Å². The highest BCUT2D eigenvalue weighted by Crippen LogP contribution is 2.43. The largest absolute Gasteiger partial charge is 0.497 e. The summed E-state index contributed by atoms with van der Waals surface area (Å²) in [6.07, 6.45) is 0. The van der Waals surface area contributed by atoms with Gasteiger partial charge in [0.25, 0.3) is 11.8 Å². The third kappa shape index (κ3) is 8.92. The minimum atomic E-state index is -1.80. The molecule has 2 N–H and O–H groups in total. The van der Waals surface area contributed by atoms with Gasteiger partial charge in [0, 0.05) is 33.4 Å². The number of nitrogens with zero attached hydrogens (tertiary/aromatic N) is 3. The number of ether oxygens (including phenoxy) is 4. The molecule has 7 aromatic rings. The lowest BCUT2D eigenvalue weighted by molar-refractivity contribution is -0.153. The van der Waals surface area contributed by atoms with Crippen LogP contribution in [-0.2, 0) is 46.9 Å². The van der Waals surface area contributed by atoms with E-state index >= 15 is 0 Å². The second-order valence-corrected chi connectivity index (χ2v) is 20.8. The van der Waals surface area contributed by atoms with Crippen molar-refractivity contribution in [1.82, 2.24) is 15.2 Å². The van der Waals surface area contributed by atoms with E-state index in [0.717, 1.165) is 21.6 Å². The topological polar surface area (TPSA) is 184 Å². The molecule has 3 aliphatic rings. The summed E-state index contributed by atoms with van der Waals surface area (Å²) in [7, 11) is 1.03. The summed E-state index contributed by atoms with van der Waals surface area (Å²) in [6, 6.07) is 40.5. The van der Waals surface area contributed by atoms with Crippen molar-refractivity contribution in [2.24, 2.45) is 5.16 Å². The Morgan fingerprint density at radius 3 is 2.16 bits per heavy atom. The highest BCUT2D eigenvalue weighted by molar-refractivity contribution is 8.01. The molecule has 3 atom stereocenters. The number of rotatable bonds is 16. The first kappa shape index (κ1) is 46.4. The summed E-state index contributed by atoms with van der Waals surface area (Å²) in [5.41, 5.74) is 2.60. The van der Waals surface area contributed by atoms with E-state index in [1.54, 1.807) is 48.9 Å². The normalized spacial score (nSPS) is 17.4. The predicted molar refractivity (Wildman–Crippen MR) is 269 cm³/mol. The molecule has 2 amide bonds. The first-order valence-electron chi connectivity index (χ1n) is 21.7. The fraction of sp³-hybridized carbons (Fsp3) is 0.176. The van der Waals surface area contributed by atoms with Gasteiger partial charge < -0.3 is 34.4 Å². The van der Waals surface area contributed by atoms with E-state index in [1.807, 2.05) is 91.0 Å². The summed E-state index contributed by atoms with van der Waals surface area (Å²) < 4.78 is 37.6. The van der Waals surface area contributed by atoms with Crippen molar-refractivity contribution in [3.05, 3.63) is 188 Å². The molecule has 1 saturated heterocycles. The highest BCUT2D eigenvalue weighted by atomic mass is 32.2. The molecule has 3 aliphatic heterocycles. The molecule has 5 aromatic carbocycles. The molecule has 15 nitrogen and oxygen atoms in total. The second kappa shape index (κ2) is 20.0. The molecule has 70 heavy (non-hydrogen) atoms. The van der Waals surface area contributed by atoms with Crippen LogP contribution in [0.25, 0.3) is 10.1 Å². The molecule has 0 spiro atoms. The van der Waals surface area contributed by atoms with Crippen molar-refractivity contribution in [1.29, 1.82) is 0 Å². The van der Waals surface area contributed by atoms with E-state index in [2.05, 4.69) is 15.8 Å². The number of fused-ring (bicyclic) bond motifs is 3. The predicted octanol–water partition coefficient (Wildman–Crippen LogP) is 7.42. The Balaban J connectivity index is 0.914. The minimum absolute atomic E-state index is 0.0585. The quantitative estimate of drug-likeness (QED) is 0.0244. The van der Waals surface area contributed by atoms with Crippen molar-refractivity contribution in [2.75, 3.05) is 37.8 Å². The van der Waals surface area contributed by atoms with Crippen LogP contribution in [0.1, 0.15) is 27.9 Å². The Labute approximate surface area is 415 Å². The molecule has 10 rings (SSSR count). The number of aromatic nitrogens is 1. The second-order valence-electron chi connectivity index (χ2n) is 16.0. The maximum Gasteiger partial charge on any atom is 0.355 e. The van der Waals surface area contributed by atoms with Crippen molar-refractivity contribution in [2.45, 2.75) is 27.8 Å². The third-order valence-electron chi connectivity index (χ3n) is 11.9. The van der Waals surface area contributed by atoms with E-state index in [4.69, 9.17) is 28.8 Å². The van der Waals surface area contributed by atoms with Gasteiger partial charge in [-0.3, -0.25) is 23.5 Å². The van der Waals surface area contributed by atoms with E-state index in [9.17, 15) is 23.4 Å². The molecule has 0 bridgehead atoms. The van der Waals surface area contributed by atoms with Gasteiger partial charge in [-0.15, -0.1) is 34.4 Å². The number of nitrogens with one attached hydrogen (secondary N) is 2. The molecule has 19 heteroatoms. The van der Waals surface area contributed by atoms with Crippen LogP contribution in [0.4, 0.5) is 5.13 Å². The smallest absolute Gasteiger partial charge is 0.355 e. The third-order valence-corrected chi connectivity index (χ3v) is 16.6. The van der Waals surface area contributed by atoms with Crippen molar-refractivity contribution in [3.63, 3.8) is 0 Å². The van der Waals surface area contributed by atoms with Crippen LogP contribution in [0.2, 0.25) is 0 Å². The molecule has 354 valence electrons. The highest BCUT2D eigenvalue weighted by Gasteiger charge is 2.57. The van der Waals surface area contributed by atoms with Crippen LogP contribution in [-0.4, -0.2) is 81.5 Å². The lowest BCUT2D eigenvalue weighted by Crippen LogP contribution is -2.74. The number of amides is 2. The zero-order valence-corrected chi connectivity index (χ0v) is 40.6. The Morgan fingerprint density at radius 2 is 1.53 bits per heavy atom. The number of anilines is 1. The molecule has 0 aliphatic carbocycles. The van der Waals surface area contributed by atoms with Gasteiger partial charge in [0.15, 0.2) is 27.8 Å². The van der Waals surface area contributed by atoms with E-state index in [1.165, 1.54) is 47.6 Å². The van der Waals surface area contributed by atoms with Gasteiger partial charge in [-0.25, -0.2) is 9.78 Å². The summed E-state index contributed by atoms with van der Waals surface area (Å²) >= 11 is 3.86. The molecule has 2 aromatic heterocycles. The zero-order chi connectivity index (χ0) is 48.4. The maximum absolute atomic E-state index is 14.3. The average Bonchev–Trinajstić information content (AvgIpc) is 4.07. The van der Waals surface area contributed by atoms with Gasteiger partial charge in [0.1, 0.15) is 47.8 Å². The number of hydrogen-bond donors (Lipinski definition) is 2. The average molecular weight is 1010 g/mol. The van der Waals surface area contributed by atoms with E-state index in [0.29, 0.717) is 47.8 Å². The van der Waals surface area contributed by atoms with Crippen LogP contribution in [0.15, 0.2) is 164 Å². The lowest BCUT2D eigenvalue weighted by Gasteiger charge is -2.49. The standard InChI is InChI=1S/C51H41N5O10S4/c1-62-35-20-18-30(19-21-35)25-64-49(60)45-31(26-67-42-23-38(57)36-22-39-40(66-29-65-39)24-41(36)69-42)28-70(61)48-44(47(59)56(45)48)53-46(58)43(55-63-2)37-27-68-50(52-37)54-51(32-12-6-3-7-13-32,33-14-8-4-9-15-33)34-16-10-5-11-17-34/h3-24,27,44,48H,25-26,28-29H2,1-2H3,(H,52,54)(H,53,58)/b55-43-/t44?,48-,70?/m0/s1. The van der Waals surface area contributed by atoms with Crippen LogP contribution in [0.5, 0.6) is 17.2 Å². The molecule has 0 radical (unpaired) electrons. The zero-order valence-electron chi connectivity index (χ0n) is 37.3. The van der Waals surface area contributed by atoms with Gasteiger partial charge in [0.05, 0.1) is 27.9 Å². The number of thioether (sulfide) groups is 1. The minimum Gasteiger partial charge on any atom is -0.497 e. The number of oxime groups is 1. The first-order chi connectivity index (χ1) is 34.1. The molecule has 1 fully saturated rings. The number of hydrogen-bond acceptors (Lipinski definition) is 16. The first-order valence-corrected chi connectivity index (χ1v) is 25.8. The Kier molecular flexibility index (Phi) is 13.2. The van der Waals surface area contributed by atoms with E-state index < -0.39 is 45.5 Å². The maximum atomic E-state index is 14.3. The molecule has 5 heterocycles. The van der Waals surface area contributed by atoms with Gasteiger partial charge in [-0.2, -0.15) is 0 Å². The number of carbonyl (C=O) groups excluding carboxylic acids is 3. The number of β-lactam (4-membered cyclic amide) rings is 1. The Morgan fingerprint density at radius 1 is 0.886 bits per heavy atom. The summed E-state index contributed by atoms with van der Waals surface area (Å²) in [6.45, 7) is -0.0708. The molecule has 0 saturated carbocycles. The van der Waals surface area contributed by atoms with Gasteiger partial charge >= 0.3 is 5.97 Å². The number of thiazole rings is 1. The number of methoxy groups -OCH3 is 1. The number of benzene rings is 5. The van der Waals surface area contributed by atoms with Gasteiger partial charge in [-0.05, 0) is 46.0 Å². The Bertz CT molecular complexity index is 3180. The van der Waals surface area contributed by atoms with Crippen LogP contribution >= 0.6 is 34.4 Å². The van der Waals surface area contributed by atoms with Crippen molar-refractivity contribution < 1.29 is 42.4 Å². The lowest BCUT2D eigenvalue weighted by atomic mass is 9.77. The SMILES string of the molecule is CO/N=C(\C(=O)NC1C(=O)N2C(C(=O)OCc3ccc(OC)cc3)=C(CSc3cc(=O)c4cc5c(cc4s3)OCO5)CS(=O)[C@@H]12)c1csc(NC(c2ccccc2)(c2ccccc2)c2ccccc2)n1. The fourth-order valence-corrected chi connectivity index (χ4v) is 13.3. The van der Waals surface area contributed by atoms with Crippen LogP contribution in [0, 0.1) is 0 Å². The number of carbonyl (C=O) groups is 3. The van der Waals surface area contributed by atoms with Gasteiger partial charge in [-0.1, -0.05) is 108 Å². The number of esters is 1. The van der Waals surface area contributed by atoms with Crippen molar-refractivity contribution >= 4 is 83.9 Å². The van der Waals surface area contributed by atoms with Crippen molar-refractivity contribution in [3.8, 4) is 17.2 Å². The molecular formula is C51H41N5O10S4. The summed E-state index contributed by atoms with van der Waals surface area (Å²) in [4.78, 5) is 67.1. The fourth-order valence-electron chi connectivity index (χ4n) is 8.53.